The van der Waals surface area contributed by atoms with Crippen LogP contribution in [-0.4, -0.2) is 43.0 Å². The highest BCUT2D eigenvalue weighted by Crippen LogP contribution is 2.35. The van der Waals surface area contributed by atoms with Crippen molar-refractivity contribution in [3.8, 4) is 0 Å². The lowest BCUT2D eigenvalue weighted by atomic mass is 9.89. The predicted octanol–water partition coefficient (Wildman–Crippen LogP) is 1.92. The number of hydrogen-bond acceptors (Lipinski definition) is 5. The number of nitrogens with one attached hydrogen (secondary N) is 1. The molecular formula is C14H22N2O2S. The van der Waals surface area contributed by atoms with Gasteiger partial charge in [0.05, 0.1) is 36.1 Å². The van der Waals surface area contributed by atoms with Gasteiger partial charge in [0.1, 0.15) is 0 Å². The third kappa shape index (κ3) is 3.16. The molecule has 3 rings (SSSR count). The molecule has 1 aromatic heterocycles. The Hall–Kier alpha value is -0.490. The van der Waals surface area contributed by atoms with Gasteiger partial charge in [-0.15, -0.1) is 11.3 Å². The zero-order valence-corrected chi connectivity index (χ0v) is 12.3. The molecule has 0 bridgehead atoms. The van der Waals surface area contributed by atoms with Gasteiger partial charge in [0, 0.05) is 17.7 Å². The molecule has 4 nitrogen and oxygen atoms in total. The molecule has 3 heterocycles. The van der Waals surface area contributed by atoms with Crippen molar-refractivity contribution >= 4 is 11.3 Å². The molecule has 2 aliphatic rings. The lowest BCUT2D eigenvalue weighted by molar-refractivity contribution is -0.0232. The van der Waals surface area contributed by atoms with Gasteiger partial charge in [0.2, 0.25) is 0 Å². The maximum atomic E-state index is 6.03. The van der Waals surface area contributed by atoms with E-state index >= 15 is 0 Å². The first kappa shape index (κ1) is 13.5. The van der Waals surface area contributed by atoms with Crippen LogP contribution in [0, 0.1) is 6.92 Å². The monoisotopic (exact) mass is 282 g/mol. The summed E-state index contributed by atoms with van der Waals surface area (Å²) in [7, 11) is 0. The number of rotatable bonds is 4. The number of aromatic nitrogens is 1. The largest absolute Gasteiger partial charge is 0.375 e. The van der Waals surface area contributed by atoms with Gasteiger partial charge in [-0.2, -0.15) is 0 Å². The zero-order chi connectivity index (χ0) is 13.1. The lowest BCUT2D eigenvalue weighted by Gasteiger charge is -2.32. The molecule has 0 radical (unpaired) electrons. The molecule has 19 heavy (non-hydrogen) atoms. The summed E-state index contributed by atoms with van der Waals surface area (Å²) >= 11 is 1.72. The van der Waals surface area contributed by atoms with Crippen LogP contribution in [0.2, 0.25) is 0 Å². The van der Waals surface area contributed by atoms with E-state index in [0.29, 0.717) is 0 Å². The van der Waals surface area contributed by atoms with E-state index in [0.717, 1.165) is 57.7 Å². The topological polar surface area (TPSA) is 43.4 Å². The molecule has 2 saturated heterocycles. The van der Waals surface area contributed by atoms with Gasteiger partial charge in [-0.3, -0.25) is 0 Å². The average Bonchev–Trinajstić information content (AvgIpc) is 2.99. The van der Waals surface area contributed by atoms with E-state index in [1.807, 2.05) is 5.51 Å². The molecule has 2 aliphatic heterocycles. The van der Waals surface area contributed by atoms with Crippen molar-refractivity contribution in [3.63, 3.8) is 0 Å². The smallest absolute Gasteiger partial charge is 0.0836 e. The average molecular weight is 282 g/mol. The van der Waals surface area contributed by atoms with Crippen LogP contribution in [0.4, 0.5) is 0 Å². The molecule has 1 atom stereocenters. The molecule has 1 unspecified atom stereocenters. The summed E-state index contributed by atoms with van der Waals surface area (Å²) in [5.74, 6) is 0. The summed E-state index contributed by atoms with van der Waals surface area (Å²) in [5, 5.41) is 3.39. The van der Waals surface area contributed by atoms with Gasteiger partial charge in [0.15, 0.2) is 0 Å². The fourth-order valence-electron chi connectivity index (χ4n) is 3.02. The Labute approximate surface area is 118 Å². The van der Waals surface area contributed by atoms with Gasteiger partial charge in [-0.05, 0) is 32.9 Å². The standard InChI is InChI=1S/C14H22N2O2S/c1-11-13(19-10-16-11)2-7-17-12-8-14(18-9-12)3-5-15-6-4-14/h10,12,15H,2-9H2,1H3. The molecule has 5 heteroatoms. The normalized spacial score (nSPS) is 26.1. The second-order valence-corrected chi connectivity index (χ2v) is 6.49. The Morgan fingerprint density at radius 3 is 3.11 bits per heavy atom. The van der Waals surface area contributed by atoms with Crippen molar-refractivity contribution in [2.75, 3.05) is 26.3 Å². The predicted molar refractivity (Wildman–Crippen MR) is 75.7 cm³/mol. The Balaban J connectivity index is 1.43. The van der Waals surface area contributed by atoms with E-state index in [-0.39, 0.29) is 11.7 Å². The van der Waals surface area contributed by atoms with Crippen LogP contribution in [0.25, 0.3) is 0 Å². The quantitative estimate of drug-likeness (QED) is 0.916. The minimum atomic E-state index is 0.107. The van der Waals surface area contributed by atoms with Crippen molar-refractivity contribution in [1.82, 2.24) is 10.3 Å². The van der Waals surface area contributed by atoms with E-state index < -0.39 is 0 Å². The highest BCUT2D eigenvalue weighted by Gasteiger charge is 2.41. The molecular weight excluding hydrogens is 260 g/mol. The van der Waals surface area contributed by atoms with Gasteiger partial charge < -0.3 is 14.8 Å². The first-order chi connectivity index (χ1) is 9.27. The Morgan fingerprint density at radius 1 is 1.53 bits per heavy atom. The lowest BCUT2D eigenvalue weighted by Crippen LogP contribution is -2.41. The SMILES string of the molecule is Cc1ncsc1CCOC1COC2(CCNCC2)C1. The zero-order valence-electron chi connectivity index (χ0n) is 11.5. The maximum Gasteiger partial charge on any atom is 0.0836 e. The first-order valence-electron chi connectivity index (χ1n) is 7.13. The Morgan fingerprint density at radius 2 is 2.37 bits per heavy atom. The molecule has 0 amide bonds. The number of ether oxygens (including phenoxy) is 2. The van der Waals surface area contributed by atoms with Gasteiger partial charge in [-0.25, -0.2) is 4.98 Å². The summed E-state index contributed by atoms with van der Waals surface area (Å²) in [6, 6.07) is 0. The molecule has 1 spiro atoms. The van der Waals surface area contributed by atoms with E-state index in [2.05, 4.69) is 17.2 Å². The van der Waals surface area contributed by atoms with Crippen molar-refractivity contribution < 1.29 is 9.47 Å². The summed E-state index contributed by atoms with van der Waals surface area (Å²) < 4.78 is 12.0. The van der Waals surface area contributed by atoms with Gasteiger partial charge in [-0.1, -0.05) is 0 Å². The van der Waals surface area contributed by atoms with Crippen LogP contribution in [0.3, 0.4) is 0 Å². The van der Waals surface area contributed by atoms with E-state index in [1.54, 1.807) is 11.3 Å². The molecule has 0 aliphatic carbocycles. The second-order valence-electron chi connectivity index (χ2n) is 5.55. The Bertz CT molecular complexity index is 415. The third-order valence-corrected chi connectivity index (χ3v) is 5.21. The van der Waals surface area contributed by atoms with Crippen LogP contribution in [-0.2, 0) is 15.9 Å². The molecule has 0 saturated carbocycles. The second kappa shape index (κ2) is 5.87. The minimum Gasteiger partial charge on any atom is -0.375 e. The van der Waals surface area contributed by atoms with Gasteiger partial charge in [0.25, 0.3) is 0 Å². The van der Waals surface area contributed by atoms with Crippen LogP contribution in [0.1, 0.15) is 29.8 Å². The van der Waals surface area contributed by atoms with Crippen LogP contribution < -0.4 is 5.32 Å². The highest BCUT2D eigenvalue weighted by molar-refractivity contribution is 7.09. The molecule has 106 valence electrons. The van der Waals surface area contributed by atoms with E-state index in [1.165, 1.54) is 4.88 Å². The third-order valence-electron chi connectivity index (χ3n) is 4.22. The van der Waals surface area contributed by atoms with Gasteiger partial charge >= 0.3 is 0 Å². The highest BCUT2D eigenvalue weighted by atomic mass is 32.1. The van der Waals surface area contributed by atoms with Crippen molar-refractivity contribution in [1.29, 1.82) is 0 Å². The Kier molecular flexibility index (Phi) is 4.17. The van der Waals surface area contributed by atoms with Crippen LogP contribution in [0.5, 0.6) is 0 Å². The van der Waals surface area contributed by atoms with Crippen molar-refractivity contribution in [2.45, 2.75) is 44.3 Å². The van der Waals surface area contributed by atoms with Crippen LogP contribution in [0.15, 0.2) is 5.51 Å². The summed E-state index contributed by atoms with van der Waals surface area (Å²) in [4.78, 5) is 5.61. The molecule has 1 aromatic rings. The molecule has 2 fully saturated rings. The first-order valence-corrected chi connectivity index (χ1v) is 8.01. The molecule has 1 N–H and O–H groups in total. The van der Waals surface area contributed by atoms with E-state index in [9.17, 15) is 0 Å². The number of thiazole rings is 1. The van der Waals surface area contributed by atoms with Crippen molar-refractivity contribution in [3.05, 3.63) is 16.1 Å². The molecule has 0 aromatic carbocycles. The van der Waals surface area contributed by atoms with Crippen molar-refractivity contribution in [2.24, 2.45) is 0 Å². The number of piperidine rings is 1. The number of nitrogens with zero attached hydrogens (tertiary/aromatic N) is 1. The van der Waals surface area contributed by atoms with Crippen LogP contribution >= 0.6 is 11.3 Å². The fourth-order valence-corrected chi connectivity index (χ4v) is 3.79. The number of hydrogen-bond donors (Lipinski definition) is 1. The summed E-state index contributed by atoms with van der Waals surface area (Å²) in [6.45, 7) is 5.77. The van der Waals surface area contributed by atoms with E-state index in [4.69, 9.17) is 9.47 Å². The summed E-state index contributed by atoms with van der Waals surface area (Å²) in [5.41, 5.74) is 3.16. The minimum absolute atomic E-state index is 0.107. The number of aryl methyl sites for hydroxylation is 1. The fraction of sp³-hybridized carbons (Fsp3) is 0.786. The summed E-state index contributed by atoms with van der Waals surface area (Å²) in [6.07, 6.45) is 4.57. The maximum absolute atomic E-state index is 6.03.